The number of nitrogens with zero attached hydrogens (tertiary/aromatic N) is 1. The van der Waals surface area contributed by atoms with Gasteiger partial charge in [-0.2, -0.15) is 0 Å². The second-order valence-electron chi connectivity index (χ2n) is 20.4. The van der Waals surface area contributed by atoms with Crippen LogP contribution in [0, 0.1) is 13.8 Å². The highest BCUT2D eigenvalue weighted by Crippen LogP contribution is 2.52. The third-order valence-corrected chi connectivity index (χ3v) is 13.8. The van der Waals surface area contributed by atoms with E-state index in [0.29, 0.717) is 0 Å². The van der Waals surface area contributed by atoms with Crippen LogP contribution in [-0.4, -0.2) is 6.71 Å². The van der Waals surface area contributed by atoms with Crippen LogP contribution in [0.4, 0.5) is 17.1 Å². The standard InChI is InChI=1S/C56H54BNO2S/c1-33-26-34(2)28-35(27-33)36-29-46-51-47(30-36)60-53-44(57(51)43-31-39(56(9,10)11)20-25-45(43)59-46)32-49-50(42-14-12-13-15-48(42)61-49)52(53)58(40-21-16-37(17-22-40)54(3,4)5)41-23-18-38(19-24-41)55(6,7)8/h12-32H,1-11H3. The third-order valence-electron chi connectivity index (χ3n) is 12.7. The van der Waals surface area contributed by atoms with Gasteiger partial charge in [0.15, 0.2) is 0 Å². The number of benzene rings is 7. The number of hydrogen-bond acceptors (Lipinski definition) is 4. The fourth-order valence-electron chi connectivity index (χ4n) is 9.43. The van der Waals surface area contributed by atoms with Crippen LogP contribution in [0.3, 0.4) is 0 Å². The van der Waals surface area contributed by atoms with Crippen LogP contribution in [0.1, 0.15) is 90.1 Å². The quantitative estimate of drug-likeness (QED) is 0.165. The highest BCUT2D eigenvalue weighted by Gasteiger charge is 2.43. The Balaban J connectivity index is 1.32. The first-order chi connectivity index (χ1) is 28.9. The normalized spacial score (nSPS) is 13.4. The summed E-state index contributed by atoms with van der Waals surface area (Å²) in [5.41, 5.74) is 15.2. The zero-order valence-corrected chi connectivity index (χ0v) is 38.2. The Bertz CT molecular complexity index is 2970. The lowest BCUT2D eigenvalue weighted by Gasteiger charge is -2.37. The summed E-state index contributed by atoms with van der Waals surface area (Å²) < 4.78 is 17.0. The van der Waals surface area contributed by atoms with E-state index in [1.54, 1.807) is 0 Å². The summed E-state index contributed by atoms with van der Waals surface area (Å²) in [5, 5.41) is 2.42. The molecule has 2 aliphatic rings. The van der Waals surface area contributed by atoms with E-state index in [1.165, 1.54) is 53.5 Å². The van der Waals surface area contributed by atoms with Crippen molar-refractivity contribution in [1.29, 1.82) is 0 Å². The van der Waals surface area contributed by atoms with E-state index in [9.17, 15) is 0 Å². The first-order valence-corrected chi connectivity index (χ1v) is 22.5. The Labute approximate surface area is 366 Å². The first-order valence-electron chi connectivity index (χ1n) is 21.7. The SMILES string of the molecule is Cc1cc(C)cc(-c2cc3c4c(c2)Oc2c(cc5sc6ccccc6c5c2N(c2ccc(C(C)(C)C)cc2)c2ccc(C(C)(C)C)cc2)B4c2cc(C(C)(C)C)ccc2O3)c1. The van der Waals surface area contributed by atoms with Gasteiger partial charge in [0.1, 0.15) is 23.0 Å². The molecule has 0 aliphatic carbocycles. The van der Waals surface area contributed by atoms with Crippen molar-refractivity contribution in [2.75, 3.05) is 4.90 Å². The lowest BCUT2D eigenvalue weighted by atomic mass is 9.34. The number of anilines is 3. The van der Waals surface area contributed by atoms with Gasteiger partial charge in [-0.15, -0.1) is 11.3 Å². The number of thiophene rings is 1. The van der Waals surface area contributed by atoms with Crippen LogP contribution >= 0.6 is 11.3 Å². The Morgan fingerprint density at radius 3 is 1.62 bits per heavy atom. The Kier molecular flexibility index (Phi) is 8.95. The molecule has 0 unspecified atom stereocenters. The summed E-state index contributed by atoms with van der Waals surface area (Å²) in [5.74, 6) is 3.46. The van der Waals surface area contributed by atoms with Crippen molar-refractivity contribution in [3.05, 3.63) is 155 Å². The van der Waals surface area contributed by atoms with Crippen molar-refractivity contribution in [3.63, 3.8) is 0 Å². The molecule has 10 rings (SSSR count). The molecule has 61 heavy (non-hydrogen) atoms. The molecule has 0 bridgehead atoms. The molecule has 304 valence electrons. The highest BCUT2D eigenvalue weighted by atomic mass is 32.1. The van der Waals surface area contributed by atoms with E-state index >= 15 is 0 Å². The second kappa shape index (κ2) is 13.9. The molecular formula is C56H54BNO2S. The van der Waals surface area contributed by atoms with Crippen LogP contribution in [0.25, 0.3) is 31.3 Å². The summed E-state index contributed by atoms with van der Waals surface area (Å²) >= 11 is 1.86. The summed E-state index contributed by atoms with van der Waals surface area (Å²) in [6, 6.07) is 47.7. The topological polar surface area (TPSA) is 21.7 Å². The molecule has 3 heterocycles. The zero-order chi connectivity index (χ0) is 42.7. The fourth-order valence-corrected chi connectivity index (χ4v) is 10.6. The van der Waals surface area contributed by atoms with Gasteiger partial charge in [0, 0.05) is 37.0 Å². The lowest BCUT2D eigenvalue weighted by molar-refractivity contribution is 0.465. The predicted octanol–water partition coefficient (Wildman–Crippen LogP) is 14.4. The molecule has 3 nitrogen and oxygen atoms in total. The third kappa shape index (κ3) is 6.73. The molecule has 0 radical (unpaired) electrons. The van der Waals surface area contributed by atoms with Gasteiger partial charge in [0.25, 0.3) is 6.71 Å². The maximum Gasteiger partial charge on any atom is 0.260 e. The molecule has 0 amide bonds. The zero-order valence-electron chi connectivity index (χ0n) is 37.4. The molecule has 1 aromatic heterocycles. The number of fused-ring (bicyclic) bond motifs is 7. The minimum atomic E-state index is -0.116. The summed E-state index contributed by atoms with van der Waals surface area (Å²) in [7, 11) is 0. The number of hydrogen-bond donors (Lipinski definition) is 0. The molecule has 0 fully saturated rings. The smallest absolute Gasteiger partial charge is 0.260 e. The average molecular weight is 816 g/mol. The average Bonchev–Trinajstić information content (AvgIpc) is 3.57. The van der Waals surface area contributed by atoms with E-state index in [2.05, 4.69) is 208 Å². The minimum absolute atomic E-state index is 0.0148. The van der Waals surface area contributed by atoms with Crippen LogP contribution in [0.15, 0.2) is 127 Å². The number of rotatable bonds is 4. The van der Waals surface area contributed by atoms with Crippen LogP contribution in [-0.2, 0) is 16.2 Å². The van der Waals surface area contributed by atoms with Crippen LogP contribution in [0.5, 0.6) is 23.0 Å². The minimum Gasteiger partial charge on any atom is -0.458 e. The lowest BCUT2D eigenvalue weighted by Crippen LogP contribution is -2.57. The molecular weight excluding hydrogens is 761 g/mol. The van der Waals surface area contributed by atoms with Crippen molar-refractivity contribution in [2.45, 2.75) is 92.4 Å². The molecule has 0 saturated carbocycles. The van der Waals surface area contributed by atoms with Gasteiger partial charge in [-0.3, -0.25) is 0 Å². The predicted molar refractivity (Wildman–Crippen MR) is 263 cm³/mol. The van der Waals surface area contributed by atoms with Gasteiger partial charge in [-0.1, -0.05) is 146 Å². The van der Waals surface area contributed by atoms with Crippen molar-refractivity contribution < 1.29 is 9.47 Å². The second-order valence-corrected chi connectivity index (χ2v) is 21.5. The molecule has 0 spiro atoms. The molecule has 7 aromatic carbocycles. The van der Waals surface area contributed by atoms with E-state index in [-0.39, 0.29) is 23.0 Å². The Hall–Kier alpha value is -5.78. The van der Waals surface area contributed by atoms with Crippen LogP contribution in [0.2, 0.25) is 0 Å². The summed E-state index contributed by atoms with van der Waals surface area (Å²) in [6.07, 6.45) is 0. The van der Waals surface area contributed by atoms with E-state index < -0.39 is 0 Å². The van der Waals surface area contributed by atoms with E-state index in [0.717, 1.165) is 62.1 Å². The number of aryl methyl sites for hydroxylation is 2. The summed E-state index contributed by atoms with van der Waals surface area (Å²) in [4.78, 5) is 2.46. The van der Waals surface area contributed by atoms with Gasteiger partial charge < -0.3 is 14.4 Å². The van der Waals surface area contributed by atoms with Crippen molar-refractivity contribution in [1.82, 2.24) is 0 Å². The van der Waals surface area contributed by atoms with Gasteiger partial charge in [-0.05, 0) is 123 Å². The van der Waals surface area contributed by atoms with Crippen LogP contribution < -0.4 is 30.8 Å². The largest absolute Gasteiger partial charge is 0.458 e. The molecule has 2 aliphatic heterocycles. The Morgan fingerprint density at radius 1 is 0.492 bits per heavy atom. The van der Waals surface area contributed by atoms with Gasteiger partial charge in [-0.25, -0.2) is 0 Å². The monoisotopic (exact) mass is 815 g/mol. The highest BCUT2D eigenvalue weighted by molar-refractivity contribution is 7.26. The number of ether oxygens (including phenoxy) is 2. The fraction of sp³-hybridized carbons (Fsp3) is 0.250. The van der Waals surface area contributed by atoms with Crippen molar-refractivity contribution >= 4 is 71.7 Å². The van der Waals surface area contributed by atoms with Crippen molar-refractivity contribution in [2.24, 2.45) is 0 Å². The van der Waals surface area contributed by atoms with Gasteiger partial charge >= 0.3 is 0 Å². The van der Waals surface area contributed by atoms with E-state index in [4.69, 9.17) is 9.47 Å². The molecule has 0 N–H and O–H groups in total. The van der Waals surface area contributed by atoms with Gasteiger partial charge in [0.2, 0.25) is 0 Å². The first kappa shape index (κ1) is 39.4. The maximum absolute atomic E-state index is 7.58. The maximum atomic E-state index is 7.58. The molecule has 8 aromatic rings. The van der Waals surface area contributed by atoms with Crippen molar-refractivity contribution in [3.8, 4) is 34.1 Å². The molecule has 5 heteroatoms. The summed E-state index contributed by atoms with van der Waals surface area (Å²) in [6.45, 7) is 24.8. The Morgan fingerprint density at radius 2 is 1.03 bits per heavy atom. The molecule has 0 atom stereocenters. The van der Waals surface area contributed by atoms with E-state index in [1.807, 2.05) is 11.3 Å². The van der Waals surface area contributed by atoms with Gasteiger partial charge in [0.05, 0.1) is 5.69 Å². The molecule has 0 saturated heterocycles.